The average molecular weight is 299 g/mol. The van der Waals surface area contributed by atoms with Gasteiger partial charge in [0.2, 0.25) is 0 Å². The Morgan fingerprint density at radius 2 is 1.29 bits per heavy atom. The second kappa shape index (κ2) is 17.5. The number of nitrogens with one attached hydrogen (secondary N) is 1. The van der Waals surface area contributed by atoms with Crippen LogP contribution in [0.1, 0.15) is 96.8 Å². The molecule has 0 amide bonds. The van der Waals surface area contributed by atoms with Gasteiger partial charge in [-0.05, 0) is 32.4 Å². The molecule has 1 fully saturated rings. The molecule has 0 aliphatic carbocycles. The van der Waals surface area contributed by atoms with Crippen LogP contribution in [0.3, 0.4) is 0 Å². The van der Waals surface area contributed by atoms with E-state index in [0.717, 1.165) is 12.8 Å². The Kier molecular flexibility index (Phi) is 17.0. The molecule has 1 aliphatic rings. The van der Waals surface area contributed by atoms with Crippen molar-refractivity contribution >= 4 is 5.97 Å². The van der Waals surface area contributed by atoms with Crippen LogP contribution in [0, 0.1) is 0 Å². The fourth-order valence-electron chi connectivity index (χ4n) is 2.57. The minimum atomic E-state index is -0.659. The molecule has 1 heterocycles. The lowest BCUT2D eigenvalue weighted by atomic mass is 10.1. The van der Waals surface area contributed by atoms with E-state index in [1.807, 2.05) is 0 Å². The molecule has 0 radical (unpaired) electrons. The fourth-order valence-corrected chi connectivity index (χ4v) is 2.57. The topological polar surface area (TPSA) is 49.3 Å². The molecule has 2 N–H and O–H groups in total. The lowest BCUT2D eigenvalue weighted by Gasteiger charge is -2.00. The summed E-state index contributed by atoms with van der Waals surface area (Å²) in [6.07, 6.45) is 17.1. The van der Waals surface area contributed by atoms with Gasteiger partial charge in [-0.1, -0.05) is 71.1 Å². The summed E-state index contributed by atoms with van der Waals surface area (Å²) in [5.74, 6) is -0.659. The number of unbranched alkanes of at least 4 members (excludes halogenated alkanes) is 8. The van der Waals surface area contributed by atoms with Crippen LogP contribution < -0.4 is 5.32 Å². The molecule has 0 aromatic carbocycles. The van der Waals surface area contributed by atoms with E-state index in [-0.39, 0.29) is 0 Å². The molecule has 0 spiro atoms. The largest absolute Gasteiger partial charge is 0.481 e. The minimum absolute atomic E-state index is 0.343. The van der Waals surface area contributed by atoms with Gasteiger partial charge in [0.1, 0.15) is 0 Å². The first kappa shape index (κ1) is 20.4. The SMILES string of the molecule is C1CCCNCC1.CCCCCCCCCCCC(=O)O. The minimum Gasteiger partial charge on any atom is -0.481 e. The molecule has 0 unspecified atom stereocenters. The number of hydrogen-bond acceptors (Lipinski definition) is 2. The van der Waals surface area contributed by atoms with Gasteiger partial charge < -0.3 is 10.4 Å². The van der Waals surface area contributed by atoms with Crippen molar-refractivity contribution in [3.05, 3.63) is 0 Å². The second-order valence-electron chi connectivity index (χ2n) is 6.14. The molecular formula is C18H37NO2. The molecule has 0 bridgehead atoms. The molecule has 0 saturated carbocycles. The number of carboxylic acids is 1. The van der Waals surface area contributed by atoms with Gasteiger partial charge >= 0.3 is 5.97 Å². The number of carbonyl (C=O) groups is 1. The van der Waals surface area contributed by atoms with Crippen molar-refractivity contribution in [2.45, 2.75) is 96.8 Å². The van der Waals surface area contributed by atoms with E-state index in [1.54, 1.807) is 0 Å². The van der Waals surface area contributed by atoms with E-state index in [2.05, 4.69) is 12.2 Å². The van der Waals surface area contributed by atoms with Crippen molar-refractivity contribution in [1.29, 1.82) is 0 Å². The number of carboxylic acid groups (broad SMARTS) is 1. The molecule has 0 aromatic rings. The molecule has 1 aliphatic heterocycles. The summed E-state index contributed by atoms with van der Waals surface area (Å²) in [7, 11) is 0. The summed E-state index contributed by atoms with van der Waals surface area (Å²) in [6, 6.07) is 0. The first-order valence-corrected chi connectivity index (χ1v) is 9.20. The van der Waals surface area contributed by atoms with Crippen LogP contribution in [-0.4, -0.2) is 24.2 Å². The lowest BCUT2D eigenvalue weighted by molar-refractivity contribution is -0.137. The number of rotatable bonds is 10. The molecule has 126 valence electrons. The first-order chi connectivity index (χ1) is 10.3. The highest BCUT2D eigenvalue weighted by molar-refractivity contribution is 5.66. The summed E-state index contributed by atoms with van der Waals surface area (Å²) in [5, 5.41) is 11.8. The molecule has 21 heavy (non-hydrogen) atoms. The van der Waals surface area contributed by atoms with Crippen LogP contribution in [0.4, 0.5) is 0 Å². The van der Waals surface area contributed by atoms with E-state index in [4.69, 9.17) is 5.11 Å². The van der Waals surface area contributed by atoms with E-state index in [9.17, 15) is 4.79 Å². The van der Waals surface area contributed by atoms with Crippen molar-refractivity contribution in [2.24, 2.45) is 0 Å². The van der Waals surface area contributed by atoms with Crippen LogP contribution in [0.25, 0.3) is 0 Å². The van der Waals surface area contributed by atoms with Gasteiger partial charge in [-0.25, -0.2) is 0 Å². The quantitative estimate of drug-likeness (QED) is 0.549. The molecule has 1 rings (SSSR count). The summed E-state index contributed by atoms with van der Waals surface area (Å²) in [6.45, 7) is 4.73. The lowest BCUT2D eigenvalue weighted by Crippen LogP contribution is -2.12. The Hall–Kier alpha value is -0.570. The highest BCUT2D eigenvalue weighted by Gasteiger charge is 1.96. The van der Waals surface area contributed by atoms with E-state index >= 15 is 0 Å². The summed E-state index contributed by atoms with van der Waals surface area (Å²) in [4.78, 5) is 10.2. The fraction of sp³-hybridized carbons (Fsp3) is 0.944. The van der Waals surface area contributed by atoms with Gasteiger partial charge in [0.15, 0.2) is 0 Å². The average Bonchev–Trinajstić information content (AvgIpc) is 2.78. The van der Waals surface area contributed by atoms with Crippen LogP contribution in [0.15, 0.2) is 0 Å². The maximum absolute atomic E-state index is 10.2. The molecule has 3 heteroatoms. The Labute approximate surface area is 131 Å². The zero-order valence-corrected chi connectivity index (χ0v) is 14.2. The van der Waals surface area contributed by atoms with Gasteiger partial charge in [0, 0.05) is 6.42 Å². The van der Waals surface area contributed by atoms with Crippen LogP contribution in [-0.2, 0) is 4.79 Å². The van der Waals surface area contributed by atoms with E-state index < -0.39 is 5.97 Å². The Balaban J connectivity index is 0.000000471. The van der Waals surface area contributed by atoms with Crippen molar-refractivity contribution in [3.8, 4) is 0 Å². The van der Waals surface area contributed by atoms with Gasteiger partial charge in [0.25, 0.3) is 0 Å². The van der Waals surface area contributed by atoms with Gasteiger partial charge in [0.05, 0.1) is 0 Å². The molecule has 1 saturated heterocycles. The van der Waals surface area contributed by atoms with Crippen LogP contribution in [0.5, 0.6) is 0 Å². The van der Waals surface area contributed by atoms with Crippen molar-refractivity contribution in [3.63, 3.8) is 0 Å². The van der Waals surface area contributed by atoms with Crippen molar-refractivity contribution in [2.75, 3.05) is 13.1 Å². The van der Waals surface area contributed by atoms with Crippen LogP contribution >= 0.6 is 0 Å². The number of hydrogen-bond donors (Lipinski definition) is 2. The maximum atomic E-state index is 10.2. The maximum Gasteiger partial charge on any atom is 0.303 e. The van der Waals surface area contributed by atoms with Gasteiger partial charge in [-0.15, -0.1) is 0 Å². The normalized spacial score (nSPS) is 14.9. The third-order valence-electron chi connectivity index (χ3n) is 3.95. The molecule has 0 aromatic heterocycles. The van der Waals surface area contributed by atoms with Crippen LogP contribution in [0.2, 0.25) is 0 Å². The van der Waals surface area contributed by atoms with Crippen molar-refractivity contribution < 1.29 is 9.90 Å². The summed E-state index contributed by atoms with van der Waals surface area (Å²) >= 11 is 0. The predicted molar refractivity (Wildman–Crippen MR) is 90.8 cm³/mol. The molecule has 0 atom stereocenters. The van der Waals surface area contributed by atoms with E-state index in [1.165, 1.54) is 83.7 Å². The van der Waals surface area contributed by atoms with Gasteiger partial charge in [-0.3, -0.25) is 4.79 Å². The number of aliphatic carboxylic acids is 1. The summed E-state index contributed by atoms with van der Waals surface area (Å²) in [5.41, 5.74) is 0. The van der Waals surface area contributed by atoms with E-state index in [0.29, 0.717) is 6.42 Å². The standard InChI is InChI=1S/C12H24O2.C6H13N/c1-2-3-4-5-6-7-8-9-10-11-12(13)14;1-2-4-6-7-5-3-1/h2-11H2,1H3,(H,13,14);7H,1-6H2. The van der Waals surface area contributed by atoms with Crippen molar-refractivity contribution in [1.82, 2.24) is 5.32 Å². The Morgan fingerprint density at radius 3 is 1.76 bits per heavy atom. The third kappa shape index (κ3) is 19.4. The third-order valence-corrected chi connectivity index (χ3v) is 3.95. The highest BCUT2D eigenvalue weighted by Crippen LogP contribution is 2.10. The molecular weight excluding hydrogens is 262 g/mol. The monoisotopic (exact) mass is 299 g/mol. The zero-order chi connectivity index (χ0) is 15.6. The molecule has 3 nitrogen and oxygen atoms in total. The van der Waals surface area contributed by atoms with Gasteiger partial charge in [-0.2, -0.15) is 0 Å². The summed E-state index contributed by atoms with van der Waals surface area (Å²) < 4.78 is 0. The second-order valence-corrected chi connectivity index (χ2v) is 6.14. The smallest absolute Gasteiger partial charge is 0.303 e. The highest BCUT2D eigenvalue weighted by atomic mass is 16.4. The Bertz CT molecular complexity index is 200. The zero-order valence-electron chi connectivity index (χ0n) is 14.2. The Morgan fingerprint density at radius 1 is 0.810 bits per heavy atom. The predicted octanol–water partition coefficient (Wildman–Crippen LogP) is 5.14. The first-order valence-electron chi connectivity index (χ1n) is 9.20.